The predicted molar refractivity (Wildman–Crippen MR) is 93.8 cm³/mol. The lowest BCUT2D eigenvalue weighted by Crippen LogP contribution is -2.32. The SMILES string of the molecule is O=C(COc1ccc2c(c1)CCC(=O)N2)NCCOc1ccccc1. The van der Waals surface area contributed by atoms with E-state index in [4.69, 9.17) is 9.47 Å². The van der Waals surface area contributed by atoms with Gasteiger partial charge in [-0.25, -0.2) is 0 Å². The first-order chi connectivity index (χ1) is 12.2. The Balaban J connectivity index is 1.38. The molecule has 6 nitrogen and oxygen atoms in total. The molecule has 1 heterocycles. The van der Waals surface area contributed by atoms with Crippen molar-refractivity contribution in [3.8, 4) is 11.5 Å². The third-order valence-corrected chi connectivity index (χ3v) is 3.78. The molecule has 0 saturated heterocycles. The number of aryl methyl sites for hydroxylation is 1. The molecule has 6 heteroatoms. The minimum absolute atomic E-state index is 0.0262. The zero-order chi connectivity index (χ0) is 17.5. The number of hydrogen-bond acceptors (Lipinski definition) is 4. The molecular weight excluding hydrogens is 320 g/mol. The maximum Gasteiger partial charge on any atom is 0.258 e. The summed E-state index contributed by atoms with van der Waals surface area (Å²) >= 11 is 0. The molecule has 2 aromatic rings. The molecule has 2 aromatic carbocycles. The van der Waals surface area contributed by atoms with Gasteiger partial charge in [0.05, 0.1) is 6.54 Å². The van der Waals surface area contributed by atoms with Crippen LogP contribution in [0, 0.1) is 0 Å². The molecule has 1 aliphatic heterocycles. The second kappa shape index (κ2) is 8.19. The van der Waals surface area contributed by atoms with Crippen LogP contribution in [0.25, 0.3) is 0 Å². The van der Waals surface area contributed by atoms with Gasteiger partial charge in [0.15, 0.2) is 6.61 Å². The summed E-state index contributed by atoms with van der Waals surface area (Å²) in [4.78, 5) is 23.1. The molecule has 1 aliphatic rings. The fourth-order valence-electron chi connectivity index (χ4n) is 2.53. The smallest absolute Gasteiger partial charge is 0.258 e. The first-order valence-electron chi connectivity index (χ1n) is 8.21. The van der Waals surface area contributed by atoms with Crippen LogP contribution in [0.2, 0.25) is 0 Å². The molecular formula is C19H20N2O4. The number of amides is 2. The van der Waals surface area contributed by atoms with Crippen molar-refractivity contribution < 1.29 is 19.1 Å². The minimum Gasteiger partial charge on any atom is -0.492 e. The number of ether oxygens (including phenoxy) is 2. The van der Waals surface area contributed by atoms with E-state index in [1.165, 1.54) is 0 Å². The van der Waals surface area contributed by atoms with E-state index in [0.717, 1.165) is 17.0 Å². The van der Waals surface area contributed by atoms with Gasteiger partial charge in [0.2, 0.25) is 5.91 Å². The summed E-state index contributed by atoms with van der Waals surface area (Å²) in [5.74, 6) is 1.21. The van der Waals surface area contributed by atoms with E-state index in [2.05, 4.69) is 10.6 Å². The Labute approximate surface area is 146 Å². The monoisotopic (exact) mass is 340 g/mol. The molecule has 0 bridgehead atoms. The van der Waals surface area contributed by atoms with Crippen molar-refractivity contribution in [2.45, 2.75) is 12.8 Å². The van der Waals surface area contributed by atoms with Crippen LogP contribution >= 0.6 is 0 Å². The lowest BCUT2D eigenvalue weighted by molar-refractivity contribution is -0.123. The van der Waals surface area contributed by atoms with E-state index in [-0.39, 0.29) is 18.4 Å². The maximum atomic E-state index is 11.8. The van der Waals surface area contributed by atoms with Gasteiger partial charge in [-0.05, 0) is 42.3 Å². The Kier molecular flexibility index (Phi) is 5.51. The second-order valence-electron chi connectivity index (χ2n) is 5.67. The summed E-state index contributed by atoms with van der Waals surface area (Å²) in [5, 5.41) is 5.56. The summed E-state index contributed by atoms with van der Waals surface area (Å²) in [7, 11) is 0. The van der Waals surface area contributed by atoms with Gasteiger partial charge in [0.1, 0.15) is 18.1 Å². The summed E-state index contributed by atoms with van der Waals surface area (Å²) < 4.78 is 11.0. The lowest BCUT2D eigenvalue weighted by atomic mass is 10.0. The summed E-state index contributed by atoms with van der Waals surface area (Å²) in [6.45, 7) is 0.748. The Bertz CT molecular complexity index is 746. The number of carbonyl (C=O) groups is 2. The van der Waals surface area contributed by atoms with Gasteiger partial charge < -0.3 is 20.1 Å². The number of nitrogens with one attached hydrogen (secondary N) is 2. The second-order valence-corrected chi connectivity index (χ2v) is 5.67. The molecule has 0 saturated carbocycles. The van der Waals surface area contributed by atoms with E-state index in [1.54, 1.807) is 12.1 Å². The van der Waals surface area contributed by atoms with Gasteiger partial charge in [0.25, 0.3) is 5.91 Å². The van der Waals surface area contributed by atoms with Crippen molar-refractivity contribution in [2.24, 2.45) is 0 Å². The highest BCUT2D eigenvalue weighted by molar-refractivity contribution is 5.94. The van der Waals surface area contributed by atoms with Crippen LogP contribution < -0.4 is 20.1 Å². The average Bonchev–Trinajstić information content (AvgIpc) is 2.64. The minimum atomic E-state index is -0.206. The predicted octanol–water partition coefficient (Wildman–Crippen LogP) is 2.15. The Morgan fingerprint density at radius 2 is 1.88 bits per heavy atom. The van der Waals surface area contributed by atoms with Crippen molar-refractivity contribution in [1.82, 2.24) is 5.32 Å². The third-order valence-electron chi connectivity index (χ3n) is 3.78. The van der Waals surface area contributed by atoms with Gasteiger partial charge in [-0.2, -0.15) is 0 Å². The normalized spacial score (nSPS) is 12.7. The molecule has 0 radical (unpaired) electrons. The van der Waals surface area contributed by atoms with Crippen molar-refractivity contribution in [3.05, 3.63) is 54.1 Å². The zero-order valence-corrected chi connectivity index (χ0v) is 13.8. The number of rotatable bonds is 7. The van der Waals surface area contributed by atoms with Crippen molar-refractivity contribution >= 4 is 17.5 Å². The fourth-order valence-corrected chi connectivity index (χ4v) is 2.53. The van der Waals surface area contributed by atoms with Crippen LogP contribution in [-0.4, -0.2) is 31.6 Å². The molecule has 0 aromatic heterocycles. The van der Waals surface area contributed by atoms with Gasteiger partial charge in [-0.15, -0.1) is 0 Å². The van der Waals surface area contributed by atoms with Crippen LogP contribution in [-0.2, 0) is 16.0 Å². The molecule has 2 amide bonds. The first kappa shape index (κ1) is 16.8. The largest absolute Gasteiger partial charge is 0.492 e. The molecule has 3 rings (SSSR count). The Morgan fingerprint density at radius 3 is 2.72 bits per heavy atom. The lowest BCUT2D eigenvalue weighted by Gasteiger charge is -2.17. The van der Waals surface area contributed by atoms with Crippen LogP contribution in [0.4, 0.5) is 5.69 Å². The summed E-state index contributed by atoms with van der Waals surface area (Å²) in [5.41, 5.74) is 1.83. The summed E-state index contributed by atoms with van der Waals surface area (Å²) in [6, 6.07) is 14.8. The third kappa shape index (κ3) is 4.97. The topological polar surface area (TPSA) is 76.7 Å². The zero-order valence-electron chi connectivity index (χ0n) is 13.8. The number of hydrogen-bond donors (Lipinski definition) is 2. The maximum absolute atomic E-state index is 11.8. The van der Waals surface area contributed by atoms with Crippen LogP contribution in [0.5, 0.6) is 11.5 Å². The summed E-state index contributed by atoms with van der Waals surface area (Å²) in [6.07, 6.45) is 1.15. The van der Waals surface area contributed by atoms with E-state index >= 15 is 0 Å². The number of fused-ring (bicyclic) bond motifs is 1. The van der Waals surface area contributed by atoms with Crippen LogP contribution in [0.1, 0.15) is 12.0 Å². The number of benzene rings is 2. The van der Waals surface area contributed by atoms with Gasteiger partial charge in [-0.1, -0.05) is 18.2 Å². The quantitative estimate of drug-likeness (QED) is 0.757. The van der Waals surface area contributed by atoms with Gasteiger partial charge in [-0.3, -0.25) is 9.59 Å². The number of anilines is 1. The highest BCUT2D eigenvalue weighted by Gasteiger charge is 2.15. The van der Waals surface area contributed by atoms with E-state index in [0.29, 0.717) is 31.7 Å². The molecule has 0 unspecified atom stereocenters. The van der Waals surface area contributed by atoms with Crippen LogP contribution in [0.3, 0.4) is 0 Å². The molecule has 0 aliphatic carbocycles. The molecule has 130 valence electrons. The number of para-hydroxylation sites is 1. The molecule has 25 heavy (non-hydrogen) atoms. The van der Waals surface area contributed by atoms with Crippen molar-refractivity contribution in [3.63, 3.8) is 0 Å². The van der Waals surface area contributed by atoms with Gasteiger partial charge >= 0.3 is 0 Å². The Hall–Kier alpha value is -3.02. The molecule has 2 N–H and O–H groups in total. The van der Waals surface area contributed by atoms with E-state index in [1.807, 2.05) is 36.4 Å². The highest BCUT2D eigenvalue weighted by atomic mass is 16.5. The first-order valence-corrected chi connectivity index (χ1v) is 8.21. The number of carbonyl (C=O) groups excluding carboxylic acids is 2. The van der Waals surface area contributed by atoms with E-state index < -0.39 is 0 Å². The van der Waals surface area contributed by atoms with Gasteiger partial charge in [0, 0.05) is 12.1 Å². The highest BCUT2D eigenvalue weighted by Crippen LogP contribution is 2.26. The van der Waals surface area contributed by atoms with Crippen LogP contribution in [0.15, 0.2) is 48.5 Å². The Morgan fingerprint density at radius 1 is 1.04 bits per heavy atom. The molecule has 0 spiro atoms. The standard InChI is InChI=1S/C19H20N2O4/c22-18-9-6-14-12-16(7-8-17(14)21-18)25-13-19(23)20-10-11-24-15-4-2-1-3-5-15/h1-5,7-8,12H,6,9-11,13H2,(H,20,23)(H,21,22). The van der Waals surface area contributed by atoms with E-state index in [9.17, 15) is 9.59 Å². The average molecular weight is 340 g/mol. The molecule has 0 fully saturated rings. The fraction of sp³-hybridized carbons (Fsp3) is 0.263. The molecule has 0 atom stereocenters. The van der Waals surface area contributed by atoms with Crippen molar-refractivity contribution in [2.75, 3.05) is 25.1 Å². The van der Waals surface area contributed by atoms with Crippen molar-refractivity contribution in [1.29, 1.82) is 0 Å².